The van der Waals surface area contributed by atoms with E-state index < -0.39 is 0 Å². The summed E-state index contributed by atoms with van der Waals surface area (Å²) < 4.78 is 5.80. The second-order valence-corrected chi connectivity index (χ2v) is 5.31. The van der Waals surface area contributed by atoms with Gasteiger partial charge in [0.2, 0.25) is 0 Å². The monoisotopic (exact) mass is 226 g/mol. The molecule has 2 atom stereocenters. The van der Waals surface area contributed by atoms with Crippen molar-refractivity contribution in [2.24, 2.45) is 5.73 Å². The largest absolute Gasteiger partial charge is 0.377 e. The first-order valence-electron chi connectivity index (χ1n) is 6.86. The maximum absolute atomic E-state index is 5.94. The fraction of sp³-hybridized carbons (Fsp3) is 1.00. The Morgan fingerprint density at radius 3 is 2.50 bits per heavy atom. The zero-order valence-electron chi connectivity index (χ0n) is 10.5. The molecule has 0 aromatic carbocycles. The van der Waals surface area contributed by atoms with E-state index in [1.54, 1.807) is 0 Å². The molecule has 3 heteroatoms. The molecule has 2 unspecified atom stereocenters. The first kappa shape index (κ1) is 12.3. The van der Waals surface area contributed by atoms with Crippen molar-refractivity contribution in [1.29, 1.82) is 0 Å². The van der Waals surface area contributed by atoms with E-state index in [1.165, 1.54) is 44.9 Å². The highest BCUT2D eigenvalue weighted by molar-refractivity contribution is 4.86. The normalized spacial score (nSPS) is 29.8. The lowest BCUT2D eigenvalue weighted by atomic mass is 9.92. The zero-order valence-corrected chi connectivity index (χ0v) is 10.5. The smallest absolute Gasteiger partial charge is 0.0743 e. The summed E-state index contributed by atoms with van der Waals surface area (Å²) in [6.45, 7) is 1.66. The van der Waals surface area contributed by atoms with E-state index in [0.717, 1.165) is 19.2 Å². The van der Waals surface area contributed by atoms with Gasteiger partial charge in [-0.15, -0.1) is 0 Å². The van der Waals surface area contributed by atoms with E-state index in [1.807, 2.05) is 0 Å². The third-order valence-electron chi connectivity index (χ3n) is 4.31. The minimum absolute atomic E-state index is 0.386. The molecular formula is C13H26N2O. The second kappa shape index (κ2) is 5.99. The summed E-state index contributed by atoms with van der Waals surface area (Å²) in [5.74, 6) is 0. The molecule has 2 aliphatic rings. The average Bonchev–Trinajstić information content (AvgIpc) is 2.85. The second-order valence-electron chi connectivity index (χ2n) is 5.31. The minimum Gasteiger partial charge on any atom is -0.377 e. The molecule has 1 aliphatic heterocycles. The molecule has 2 rings (SSSR count). The van der Waals surface area contributed by atoms with Crippen LogP contribution < -0.4 is 5.73 Å². The van der Waals surface area contributed by atoms with Gasteiger partial charge in [0.15, 0.2) is 0 Å². The molecule has 0 aromatic heterocycles. The van der Waals surface area contributed by atoms with E-state index in [2.05, 4.69) is 11.9 Å². The Hall–Kier alpha value is -0.120. The van der Waals surface area contributed by atoms with E-state index in [9.17, 15) is 0 Å². The van der Waals surface area contributed by atoms with Crippen molar-refractivity contribution >= 4 is 0 Å². The topological polar surface area (TPSA) is 38.5 Å². The molecule has 0 aromatic rings. The summed E-state index contributed by atoms with van der Waals surface area (Å²) in [6.07, 6.45) is 9.67. The van der Waals surface area contributed by atoms with Crippen LogP contribution in [0.4, 0.5) is 0 Å². The number of nitrogens with zero attached hydrogens (tertiary/aromatic N) is 1. The highest BCUT2D eigenvalue weighted by Crippen LogP contribution is 2.26. The molecule has 0 radical (unpaired) electrons. The third-order valence-corrected chi connectivity index (χ3v) is 4.31. The lowest BCUT2D eigenvalue weighted by molar-refractivity contribution is 0.0141. The van der Waals surface area contributed by atoms with Crippen LogP contribution in [0.25, 0.3) is 0 Å². The van der Waals surface area contributed by atoms with E-state index in [0.29, 0.717) is 12.1 Å². The van der Waals surface area contributed by atoms with Gasteiger partial charge in [-0.05, 0) is 32.7 Å². The van der Waals surface area contributed by atoms with Crippen LogP contribution in [0.5, 0.6) is 0 Å². The predicted molar refractivity (Wildman–Crippen MR) is 66.5 cm³/mol. The Labute approximate surface area is 99.3 Å². The van der Waals surface area contributed by atoms with Crippen LogP contribution in [0.1, 0.15) is 44.9 Å². The number of ether oxygens (including phenoxy) is 1. The molecule has 2 fully saturated rings. The van der Waals surface area contributed by atoms with Crippen LogP contribution in [0.2, 0.25) is 0 Å². The van der Waals surface area contributed by atoms with Gasteiger partial charge in [-0.2, -0.15) is 0 Å². The van der Waals surface area contributed by atoms with Crippen molar-refractivity contribution in [3.05, 3.63) is 0 Å². The summed E-state index contributed by atoms with van der Waals surface area (Å²) in [4.78, 5) is 2.51. The van der Waals surface area contributed by atoms with Gasteiger partial charge in [0.05, 0.1) is 6.10 Å². The molecule has 1 heterocycles. The molecule has 1 saturated carbocycles. The highest BCUT2D eigenvalue weighted by Gasteiger charge is 2.31. The Morgan fingerprint density at radius 2 is 1.94 bits per heavy atom. The summed E-state index contributed by atoms with van der Waals surface area (Å²) in [5, 5.41) is 0. The van der Waals surface area contributed by atoms with Gasteiger partial charge >= 0.3 is 0 Å². The quantitative estimate of drug-likeness (QED) is 0.794. The lowest BCUT2D eigenvalue weighted by Gasteiger charge is -2.39. The minimum atomic E-state index is 0.386. The number of likely N-dealkylation sites (N-methyl/N-ethyl adjacent to an activating group) is 1. The number of rotatable bonds is 4. The van der Waals surface area contributed by atoms with Crippen molar-refractivity contribution in [3.63, 3.8) is 0 Å². The number of nitrogens with two attached hydrogens (primary N) is 1. The Balaban J connectivity index is 1.90. The van der Waals surface area contributed by atoms with Crippen LogP contribution in [-0.2, 0) is 4.74 Å². The van der Waals surface area contributed by atoms with Crippen molar-refractivity contribution < 1.29 is 4.74 Å². The van der Waals surface area contributed by atoms with Gasteiger partial charge in [0.1, 0.15) is 0 Å². The summed E-state index contributed by atoms with van der Waals surface area (Å²) >= 11 is 0. The number of hydrogen-bond donors (Lipinski definition) is 1. The van der Waals surface area contributed by atoms with Crippen LogP contribution in [0.15, 0.2) is 0 Å². The molecular weight excluding hydrogens is 200 g/mol. The molecule has 3 nitrogen and oxygen atoms in total. The standard InChI is InChI=1S/C13H26N2O/c1-15(11-6-3-2-4-7-11)12(10-14)13-8-5-9-16-13/h11-13H,2-10,14H2,1H3. The van der Waals surface area contributed by atoms with Gasteiger partial charge in [-0.3, -0.25) is 4.90 Å². The van der Waals surface area contributed by atoms with Gasteiger partial charge in [0.25, 0.3) is 0 Å². The molecule has 0 bridgehead atoms. The Bertz CT molecular complexity index is 198. The average molecular weight is 226 g/mol. The molecule has 16 heavy (non-hydrogen) atoms. The maximum atomic E-state index is 5.94. The molecule has 0 amide bonds. The molecule has 94 valence electrons. The van der Waals surface area contributed by atoms with Crippen molar-refractivity contribution in [2.75, 3.05) is 20.2 Å². The maximum Gasteiger partial charge on any atom is 0.0743 e. The Morgan fingerprint density at radius 1 is 1.19 bits per heavy atom. The van der Waals surface area contributed by atoms with Crippen molar-refractivity contribution in [3.8, 4) is 0 Å². The highest BCUT2D eigenvalue weighted by atomic mass is 16.5. The first-order valence-corrected chi connectivity index (χ1v) is 6.86. The van der Waals surface area contributed by atoms with Crippen LogP contribution >= 0.6 is 0 Å². The van der Waals surface area contributed by atoms with E-state index in [4.69, 9.17) is 10.5 Å². The third kappa shape index (κ3) is 2.76. The number of hydrogen-bond acceptors (Lipinski definition) is 3. The van der Waals surface area contributed by atoms with Crippen molar-refractivity contribution in [2.45, 2.75) is 63.1 Å². The van der Waals surface area contributed by atoms with Gasteiger partial charge in [-0.25, -0.2) is 0 Å². The van der Waals surface area contributed by atoms with Crippen molar-refractivity contribution in [1.82, 2.24) is 4.90 Å². The van der Waals surface area contributed by atoms with E-state index >= 15 is 0 Å². The van der Waals surface area contributed by atoms with Crippen LogP contribution in [-0.4, -0.2) is 43.3 Å². The van der Waals surface area contributed by atoms with Gasteiger partial charge in [0, 0.05) is 25.2 Å². The molecule has 2 N–H and O–H groups in total. The predicted octanol–water partition coefficient (Wildman–Crippen LogP) is 1.76. The fourth-order valence-electron chi connectivity index (χ4n) is 3.25. The summed E-state index contributed by atoms with van der Waals surface area (Å²) in [7, 11) is 2.25. The van der Waals surface area contributed by atoms with Gasteiger partial charge in [-0.1, -0.05) is 19.3 Å². The molecule has 1 aliphatic carbocycles. The lowest BCUT2D eigenvalue weighted by Crippen LogP contribution is -2.51. The zero-order chi connectivity index (χ0) is 11.4. The van der Waals surface area contributed by atoms with Gasteiger partial charge < -0.3 is 10.5 Å². The SMILES string of the molecule is CN(C1CCCCC1)C(CN)C1CCCO1. The Kier molecular flexibility index (Phi) is 4.62. The first-order chi connectivity index (χ1) is 7.83. The van der Waals surface area contributed by atoms with Crippen LogP contribution in [0, 0.1) is 0 Å². The van der Waals surface area contributed by atoms with E-state index in [-0.39, 0.29) is 0 Å². The van der Waals surface area contributed by atoms with Crippen LogP contribution in [0.3, 0.4) is 0 Å². The molecule has 0 spiro atoms. The summed E-state index contributed by atoms with van der Waals surface area (Å²) in [6, 6.07) is 1.18. The summed E-state index contributed by atoms with van der Waals surface area (Å²) in [5.41, 5.74) is 5.94. The fourth-order valence-corrected chi connectivity index (χ4v) is 3.25. The molecule has 1 saturated heterocycles.